The van der Waals surface area contributed by atoms with Gasteiger partial charge in [0.1, 0.15) is 5.75 Å². The van der Waals surface area contributed by atoms with Crippen LogP contribution in [0.4, 0.5) is 11.4 Å². The number of ether oxygens (including phenoxy) is 1. The van der Waals surface area contributed by atoms with Gasteiger partial charge in [-0.25, -0.2) is 16.8 Å². The Morgan fingerprint density at radius 1 is 0.946 bits per heavy atom. The minimum atomic E-state index is -3.85. The van der Waals surface area contributed by atoms with E-state index in [1.807, 2.05) is 0 Å². The summed E-state index contributed by atoms with van der Waals surface area (Å²) in [6.45, 7) is 0.376. The molecule has 1 aliphatic heterocycles. The Balaban J connectivity index is 1.40. The first-order valence-electron chi connectivity index (χ1n) is 11.4. The second-order valence-corrected chi connectivity index (χ2v) is 12.6. The van der Waals surface area contributed by atoms with Crippen molar-refractivity contribution in [1.29, 1.82) is 0 Å². The Kier molecular flexibility index (Phi) is 8.08. The van der Waals surface area contributed by atoms with Gasteiger partial charge in [0.25, 0.3) is 10.0 Å². The number of benzene rings is 3. The maximum absolute atomic E-state index is 13.1. The van der Waals surface area contributed by atoms with Crippen LogP contribution in [-0.4, -0.2) is 47.2 Å². The van der Waals surface area contributed by atoms with Crippen molar-refractivity contribution in [3.8, 4) is 5.75 Å². The molecule has 0 aliphatic carbocycles. The minimum absolute atomic E-state index is 0.0138. The van der Waals surface area contributed by atoms with Gasteiger partial charge in [-0.15, -0.1) is 0 Å². The lowest BCUT2D eigenvalue weighted by atomic mass is 9.99. The van der Waals surface area contributed by atoms with Gasteiger partial charge in [-0.3, -0.25) is 9.52 Å². The summed E-state index contributed by atoms with van der Waals surface area (Å²) in [7, 11) is -6.11. The molecule has 9 nitrogen and oxygen atoms in total. The largest absolute Gasteiger partial charge is 0.497 e. The topological polar surface area (TPSA) is 122 Å². The number of hydrogen-bond acceptors (Lipinski definition) is 6. The molecule has 4 rings (SSSR count). The zero-order chi connectivity index (χ0) is 26.6. The number of piperidine rings is 1. The zero-order valence-corrected chi connectivity index (χ0v) is 22.3. The molecule has 0 saturated carbocycles. The van der Waals surface area contributed by atoms with Crippen molar-refractivity contribution in [1.82, 2.24) is 4.31 Å². The molecular weight excluding hydrogens is 538 g/mol. The Labute approximate surface area is 221 Å². The number of anilines is 2. The predicted molar refractivity (Wildman–Crippen MR) is 142 cm³/mol. The number of hydrogen-bond donors (Lipinski definition) is 2. The van der Waals surface area contributed by atoms with Crippen molar-refractivity contribution < 1.29 is 26.4 Å². The van der Waals surface area contributed by atoms with Crippen LogP contribution in [0, 0.1) is 5.92 Å². The summed E-state index contributed by atoms with van der Waals surface area (Å²) in [6.07, 6.45) is 1.08. The Morgan fingerprint density at radius 2 is 1.62 bits per heavy atom. The summed E-state index contributed by atoms with van der Waals surface area (Å²) < 4.78 is 60.3. The van der Waals surface area contributed by atoms with Crippen molar-refractivity contribution in [2.45, 2.75) is 22.6 Å². The molecule has 37 heavy (non-hydrogen) atoms. The van der Waals surface area contributed by atoms with E-state index < -0.39 is 26.0 Å². The number of nitrogens with zero attached hydrogens (tertiary/aromatic N) is 1. The lowest BCUT2D eigenvalue weighted by Crippen LogP contribution is -2.43. The number of carbonyl (C=O) groups excluding carboxylic acids is 1. The standard InChI is InChI=1S/C25H26ClN3O6S2/c1-35-22-9-13-24(14-10-22)37(33,34)29-15-3-4-18(17-29)25(30)27-20-7-11-23(12-8-20)36(31,32)28-21-6-2-5-19(26)16-21/h2,5-14,16,18,28H,3-4,15,17H2,1H3,(H,27,30). The van der Waals surface area contributed by atoms with E-state index in [0.717, 1.165) is 0 Å². The molecular formula is C25H26ClN3O6S2. The molecule has 1 aliphatic rings. The lowest BCUT2D eigenvalue weighted by molar-refractivity contribution is -0.120. The molecule has 3 aromatic carbocycles. The number of sulfonamides is 2. The first kappa shape index (κ1) is 26.9. The third kappa shape index (κ3) is 6.42. The molecule has 2 N–H and O–H groups in total. The Bertz CT molecular complexity index is 1480. The van der Waals surface area contributed by atoms with Gasteiger partial charge in [-0.2, -0.15) is 4.31 Å². The highest BCUT2D eigenvalue weighted by Crippen LogP contribution is 2.26. The van der Waals surface area contributed by atoms with E-state index in [2.05, 4.69) is 10.0 Å². The summed E-state index contributed by atoms with van der Waals surface area (Å²) in [5.41, 5.74) is 0.734. The number of halogens is 1. The molecule has 1 atom stereocenters. The second kappa shape index (κ2) is 11.1. The van der Waals surface area contributed by atoms with Gasteiger partial charge in [0.05, 0.1) is 28.5 Å². The molecule has 12 heteroatoms. The number of amides is 1. The van der Waals surface area contributed by atoms with Gasteiger partial charge in [0, 0.05) is 23.8 Å². The first-order chi connectivity index (χ1) is 17.6. The third-order valence-electron chi connectivity index (χ3n) is 5.96. The van der Waals surface area contributed by atoms with E-state index in [-0.39, 0.29) is 22.2 Å². The van der Waals surface area contributed by atoms with Gasteiger partial charge in [0.15, 0.2) is 0 Å². The van der Waals surface area contributed by atoms with Crippen molar-refractivity contribution in [2.24, 2.45) is 5.92 Å². The van der Waals surface area contributed by atoms with E-state index in [1.54, 1.807) is 30.3 Å². The molecule has 1 saturated heterocycles. The molecule has 0 spiro atoms. The van der Waals surface area contributed by atoms with E-state index in [1.165, 1.54) is 53.9 Å². The van der Waals surface area contributed by atoms with Gasteiger partial charge in [-0.1, -0.05) is 17.7 Å². The van der Waals surface area contributed by atoms with Crippen LogP contribution < -0.4 is 14.8 Å². The fourth-order valence-corrected chi connectivity index (χ4v) is 6.76. The van der Waals surface area contributed by atoms with Crippen molar-refractivity contribution >= 4 is 48.9 Å². The average Bonchev–Trinajstić information content (AvgIpc) is 2.89. The maximum Gasteiger partial charge on any atom is 0.261 e. The van der Waals surface area contributed by atoms with Crippen molar-refractivity contribution in [2.75, 3.05) is 30.2 Å². The minimum Gasteiger partial charge on any atom is -0.497 e. The number of nitrogens with one attached hydrogen (secondary N) is 2. The first-order valence-corrected chi connectivity index (χ1v) is 14.7. The number of rotatable bonds is 8. The van der Waals surface area contributed by atoms with Crippen LogP contribution in [0.15, 0.2) is 82.6 Å². The molecule has 3 aromatic rings. The van der Waals surface area contributed by atoms with E-state index in [4.69, 9.17) is 16.3 Å². The average molecular weight is 564 g/mol. The van der Waals surface area contributed by atoms with Crippen molar-refractivity contribution in [3.05, 3.63) is 77.8 Å². The molecule has 196 valence electrons. The van der Waals surface area contributed by atoms with Crippen LogP contribution in [0.3, 0.4) is 0 Å². The highest BCUT2D eigenvalue weighted by Gasteiger charge is 2.33. The predicted octanol–water partition coefficient (Wildman–Crippen LogP) is 4.19. The lowest BCUT2D eigenvalue weighted by Gasteiger charge is -2.31. The summed E-state index contributed by atoms with van der Waals surface area (Å²) in [5.74, 6) is -0.328. The van der Waals surface area contributed by atoms with Gasteiger partial charge >= 0.3 is 0 Å². The van der Waals surface area contributed by atoms with E-state index in [0.29, 0.717) is 41.5 Å². The van der Waals surface area contributed by atoms with Crippen LogP contribution in [0.5, 0.6) is 5.75 Å². The Hall–Kier alpha value is -3.12. The van der Waals surface area contributed by atoms with E-state index in [9.17, 15) is 21.6 Å². The van der Waals surface area contributed by atoms with Gasteiger partial charge in [-0.05, 0) is 79.6 Å². The highest BCUT2D eigenvalue weighted by atomic mass is 35.5. The smallest absolute Gasteiger partial charge is 0.261 e. The SMILES string of the molecule is COc1ccc(S(=O)(=O)N2CCCC(C(=O)Nc3ccc(S(=O)(=O)Nc4cccc(Cl)c4)cc3)C2)cc1. The fraction of sp³-hybridized carbons (Fsp3) is 0.240. The summed E-state index contributed by atoms with van der Waals surface area (Å²) in [5, 5.41) is 3.16. The van der Waals surface area contributed by atoms with Gasteiger partial charge in [0.2, 0.25) is 15.9 Å². The van der Waals surface area contributed by atoms with Crippen molar-refractivity contribution in [3.63, 3.8) is 0 Å². The van der Waals surface area contributed by atoms with Crippen LogP contribution in [-0.2, 0) is 24.8 Å². The molecule has 0 aromatic heterocycles. The zero-order valence-electron chi connectivity index (χ0n) is 19.9. The molecule has 1 amide bonds. The summed E-state index contributed by atoms with van der Waals surface area (Å²) >= 11 is 5.91. The van der Waals surface area contributed by atoms with Crippen LogP contribution in [0.2, 0.25) is 5.02 Å². The normalized spacial score (nSPS) is 16.6. The highest BCUT2D eigenvalue weighted by molar-refractivity contribution is 7.92. The summed E-state index contributed by atoms with van der Waals surface area (Å²) in [4.78, 5) is 13.1. The second-order valence-electron chi connectivity index (χ2n) is 8.51. The molecule has 1 unspecified atom stereocenters. The van der Waals surface area contributed by atoms with Crippen LogP contribution in [0.1, 0.15) is 12.8 Å². The molecule has 0 radical (unpaired) electrons. The molecule has 1 fully saturated rings. The molecule has 1 heterocycles. The monoisotopic (exact) mass is 563 g/mol. The van der Waals surface area contributed by atoms with E-state index >= 15 is 0 Å². The Morgan fingerprint density at radius 3 is 2.27 bits per heavy atom. The fourth-order valence-electron chi connectivity index (χ4n) is 4.00. The molecule has 0 bridgehead atoms. The number of carbonyl (C=O) groups is 1. The quantitative estimate of drug-likeness (QED) is 0.424. The van der Waals surface area contributed by atoms with Gasteiger partial charge < -0.3 is 10.1 Å². The number of methoxy groups -OCH3 is 1. The summed E-state index contributed by atoms with van der Waals surface area (Å²) in [6, 6.07) is 18.2. The van der Waals surface area contributed by atoms with Crippen LogP contribution in [0.25, 0.3) is 0 Å². The maximum atomic E-state index is 13.1. The third-order valence-corrected chi connectivity index (χ3v) is 9.47. The van der Waals surface area contributed by atoms with Crippen LogP contribution >= 0.6 is 11.6 Å².